The van der Waals surface area contributed by atoms with Gasteiger partial charge in [0.2, 0.25) is 5.91 Å². The van der Waals surface area contributed by atoms with Crippen LogP contribution in [0.1, 0.15) is 50.7 Å². The number of amides is 1. The molecule has 1 aromatic heterocycles. The van der Waals surface area contributed by atoms with Crippen LogP contribution in [0.4, 0.5) is 0 Å². The maximum Gasteiger partial charge on any atom is 0.224 e. The van der Waals surface area contributed by atoms with Crippen molar-refractivity contribution in [3.8, 4) is 0 Å². The van der Waals surface area contributed by atoms with Crippen LogP contribution in [0.15, 0.2) is 10.4 Å². The van der Waals surface area contributed by atoms with Gasteiger partial charge in [0, 0.05) is 50.2 Å². The number of aliphatic imine (C=N–C) groups is 1. The van der Waals surface area contributed by atoms with E-state index in [1.54, 1.807) is 11.3 Å². The number of rotatable bonds is 11. The Hall–Kier alpha value is -0.900. The van der Waals surface area contributed by atoms with E-state index in [4.69, 9.17) is 0 Å². The van der Waals surface area contributed by atoms with Gasteiger partial charge < -0.3 is 15.5 Å². The second-order valence-corrected chi connectivity index (χ2v) is 6.79. The molecule has 0 bridgehead atoms. The zero-order chi connectivity index (χ0) is 18.5. The van der Waals surface area contributed by atoms with E-state index in [1.807, 2.05) is 32.6 Å². The van der Waals surface area contributed by atoms with Crippen LogP contribution >= 0.6 is 35.3 Å². The molecule has 0 aliphatic rings. The lowest BCUT2D eigenvalue weighted by Gasteiger charge is -2.19. The minimum Gasteiger partial charge on any atom is -0.357 e. The summed E-state index contributed by atoms with van der Waals surface area (Å²) in [6.07, 6.45) is 3.65. The van der Waals surface area contributed by atoms with Crippen LogP contribution in [0, 0.1) is 6.92 Å². The zero-order valence-electron chi connectivity index (χ0n) is 16.5. The Kier molecular flexibility index (Phi) is 14.7. The van der Waals surface area contributed by atoms with Crippen molar-refractivity contribution in [1.29, 1.82) is 0 Å². The number of carbonyl (C=O) groups excluding carboxylic acids is 1. The highest BCUT2D eigenvalue weighted by Crippen LogP contribution is 2.11. The highest BCUT2D eigenvalue weighted by Gasteiger charge is 2.09. The number of guanidine groups is 1. The Labute approximate surface area is 179 Å². The quantitative estimate of drug-likeness (QED) is 0.214. The average molecular weight is 495 g/mol. The Morgan fingerprint density at radius 1 is 1.23 bits per heavy atom. The Morgan fingerprint density at radius 3 is 2.54 bits per heavy atom. The second-order valence-electron chi connectivity index (χ2n) is 5.84. The lowest BCUT2D eigenvalue weighted by Crippen LogP contribution is -2.40. The fraction of sp³-hybridized carbons (Fsp3) is 0.722. The molecule has 0 aromatic carbocycles. The van der Waals surface area contributed by atoms with E-state index >= 15 is 0 Å². The number of carbonyl (C=O) groups is 1. The molecule has 0 radical (unpaired) electrons. The molecule has 1 heterocycles. The average Bonchev–Trinajstić information content (AvgIpc) is 3.01. The standard InChI is InChI=1S/C18H33N5OS.HI/c1-5-19-18(21-13-11-17(24)23(6-2)7-3)20-12-9-8-10-16-22-15(4)14-25-16;/h14H,5-13H2,1-4H3,(H2,19,20,21);1H. The minimum absolute atomic E-state index is 0. The largest absolute Gasteiger partial charge is 0.357 e. The van der Waals surface area contributed by atoms with Gasteiger partial charge in [-0.25, -0.2) is 4.98 Å². The summed E-state index contributed by atoms with van der Waals surface area (Å²) in [5.74, 6) is 0.979. The Morgan fingerprint density at radius 2 is 1.96 bits per heavy atom. The number of nitrogens with one attached hydrogen (secondary N) is 2. The summed E-state index contributed by atoms with van der Waals surface area (Å²) in [5, 5.41) is 9.78. The molecule has 0 saturated carbocycles. The SMILES string of the molecule is CCNC(=NCCCCc1nc(C)cs1)NCCC(=O)N(CC)CC.I. The van der Waals surface area contributed by atoms with Gasteiger partial charge in [-0.1, -0.05) is 0 Å². The smallest absolute Gasteiger partial charge is 0.224 e. The Balaban J connectivity index is 0.00000625. The van der Waals surface area contributed by atoms with Crippen LogP contribution < -0.4 is 10.6 Å². The molecule has 0 saturated heterocycles. The highest BCUT2D eigenvalue weighted by atomic mass is 127. The zero-order valence-corrected chi connectivity index (χ0v) is 19.7. The van der Waals surface area contributed by atoms with Crippen molar-refractivity contribution in [3.63, 3.8) is 0 Å². The molecule has 0 aliphatic carbocycles. The molecule has 1 rings (SSSR count). The normalized spacial score (nSPS) is 11.0. The van der Waals surface area contributed by atoms with Crippen molar-refractivity contribution >= 4 is 47.2 Å². The molecule has 0 unspecified atom stereocenters. The maximum atomic E-state index is 12.0. The van der Waals surface area contributed by atoms with Crippen molar-refractivity contribution in [1.82, 2.24) is 20.5 Å². The first-order chi connectivity index (χ1) is 12.1. The predicted molar refractivity (Wildman–Crippen MR) is 122 cm³/mol. The van der Waals surface area contributed by atoms with Gasteiger partial charge in [0.05, 0.1) is 5.01 Å². The van der Waals surface area contributed by atoms with Gasteiger partial charge in [0.1, 0.15) is 0 Å². The van der Waals surface area contributed by atoms with E-state index in [1.165, 1.54) is 5.01 Å². The lowest BCUT2D eigenvalue weighted by atomic mass is 10.2. The van der Waals surface area contributed by atoms with Crippen molar-refractivity contribution in [2.45, 2.75) is 53.4 Å². The number of unbranched alkanes of at least 4 members (excludes halogenated alkanes) is 1. The molecule has 26 heavy (non-hydrogen) atoms. The summed E-state index contributed by atoms with van der Waals surface area (Å²) in [4.78, 5) is 22.9. The van der Waals surface area contributed by atoms with Gasteiger partial charge in [-0.15, -0.1) is 35.3 Å². The third-order valence-electron chi connectivity index (χ3n) is 3.83. The molecule has 0 fully saturated rings. The summed E-state index contributed by atoms with van der Waals surface area (Å²) >= 11 is 1.73. The summed E-state index contributed by atoms with van der Waals surface area (Å²) in [6, 6.07) is 0. The maximum absolute atomic E-state index is 12.0. The topological polar surface area (TPSA) is 69.6 Å². The molecule has 8 heteroatoms. The molecule has 0 atom stereocenters. The number of aryl methyl sites for hydroxylation is 2. The minimum atomic E-state index is 0. The predicted octanol–water partition coefficient (Wildman–Crippen LogP) is 3.21. The van der Waals surface area contributed by atoms with Crippen LogP contribution in [-0.2, 0) is 11.2 Å². The van der Waals surface area contributed by atoms with Gasteiger partial charge in [-0.2, -0.15) is 0 Å². The Bertz CT molecular complexity index is 531. The van der Waals surface area contributed by atoms with E-state index < -0.39 is 0 Å². The molecule has 1 amide bonds. The molecular weight excluding hydrogens is 461 g/mol. The van der Waals surface area contributed by atoms with Gasteiger partial charge >= 0.3 is 0 Å². The molecular formula is C18H34IN5OS. The third-order valence-corrected chi connectivity index (χ3v) is 4.85. The first kappa shape index (κ1) is 25.1. The van der Waals surface area contributed by atoms with Crippen molar-refractivity contribution in [3.05, 3.63) is 16.1 Å². The number of hydrogen-bond donors (Lipinski definition) is 2. The van der Waals surface area contributed by atoms with Gasteiger partial charge in [-0.05, 0) is 47.0 Å². The number of halogens is 1. The monoisotopic (exact) mass is 495 g/mol. The fourth-order valence-corrected chi connectivity index (χ4v) is 3.28. The second kappa shape index (κ2) is 15.2. The molecule has 2 N–H and O–H groups in total. The number of hydrogen-bond acceptors (Lipinski definition) is 4. The number of thiazole rings is 1. The van der Waals surface area contributed by atoms with Crippen LogP contribution in [-0.4, -0.2) is 54.5 Å². The van der Waals surface area contributed by atoms with E-state index in [9.17, 15) is 4.79 Å². The summed E-state index contributed by atoms with van der Waals surface area (Å²) < 4.78 is 0. The lowest BCUT2D eigenvalue weighted by molar-refractivity contribution is -0.130. The van der Waals surface area contributed by atoms with E-state index in [-0.39, 0.29) is 29.9 Å². The number of nitrogens with zero attached hydrogens (tertiary/aromatic N) is 3. The molecule has 1 aromatic rings. The van der Waals surface area contributed by atoms with E-state index in [0.717, 1.165) is 57.1 Å². The summed E-state index contributed by atoms with van der Waals surface area (Å²) in [6.45, 7) is 11.8. The summed E-state index contributed by atoms with van der Waals surface area (Å²) in [7, 11) is 0. The van der Waals surface area contributed by atoms with Crippen LogP contribution in [0.25, 0.3) is 0 Å². The number of aromatic nitrogens is 1. The van der Waals surface area contributed by atoms with E-state index in [2.05, 4.69) is 26.0 Å². The van der Waals surface area contributed by atoms with Crippen molar-refractivity contribution < 1.29 is 4.79 Å². The van der Waals surface area contributed by atoms with Crippen LogP contribution in [0.2, 0.25) is 0 Å². The molecule has 150 valence electrons. The fourth-order valence-electron chi connectivity index (χ4n) is 2.46. The van der Waals surface area contributed by atoms with Crippen molar-refractivity contribution in [2.24, 2.45) is 4.99 Å². The van der Waals surface area contributed by atoms with Crippen LogP contribution in [0.5, 0.6) is 0 Å². The van der Waals surface area contributed by atoms with Gasteiger partial charge in [-0.3, -0.25) is 9.79 Å². The molecule has 0 aliphatic heterocycles. The van der Waals surface area contributed by atoms with Gasteiger partial charge in [0.25, 0.3) is 0 Å². The van der Waals surface area contributed by atoms with E-state index in [0.29, 0.717) is 13.0 Å². The van der Waals surface area contributed by atoms with Crippen LogP contribution in [0.3, 0.4) is 0 Å². The molecule has 0 spiro atoms. The third kappa shape index (κ3) is 10.3. The first-order valence-electron chi connectivity index (χ1n) is 9.31. The molecule has 6 nitrogen and oxygen atoms in total. The highest BCUT2D eigenvalue weighted by molar-refractivity contribution is 14.0. The van der Waals surface area contributed by atoms with Gasteiger partial charge in [0.15, 0.2) is 5.96 Å². The first-order valence-corrected chi connectivity index (χ1v) is 10.2. The summed E-state index contributed by atoms with van der Waals surface area (Å²) in [5.41, 5.74) is 1.11. The van der Waals surface area contributed by atoms with Crippen molar-refractivity contribution in [2.75, 3.05) is 32.7 Å².